The van der Waals surface area contributed by atoms with Crippen LogP contribution in [0.25, 0.3) is 10.8 Å². The smallest absolute Gasteiger partial charge is 0.231 e. The van der Waals surface area contributed by atoms with E-state index in [0.29, 0.717) is 30.5 Å². The Morgan fingerprint density at radius 2 is 1.91 bits per heavy atom. The molecule has 3 fully saturated rings. The van der Waals surface area contributed by atoms with Gasteiger partial charge in [-0.15, -0.1) is 0 Å². The number of hydrogen-bond acceptors (Lipinski definition) is 6. The van der Waals surface area contributed by atoms with Crippen LogP contribution in [-0.4, -0.2) is 79.1 Å². The number of alkyl halides is 1. The normalized spacial score (nSPS) is 29.6. The van der Waals surface area contributed by atoms with E-state index < -0.39 is 11.7 Å². The zero-order valence-corrected chi connectivity index (χ0v) is 20.7. The summed E-state index contributed by atoms with van der Waals surface area (Å²) in [5, 5.41) is 5.46. The van der Waals surface area contributed by atoms with Crippen molar-refractivity contribution in [2.45, 2.75) is 44.5 Å². The van der Waals surface area contributed by atoms with E-state index in [-0.39, 0.29) is 24.0 Å². The molecule has 0 bridgehead atoms. The van der Waals surface area contributed by atoms with Crippen molar-refractivity contribution in [3.8, 4) is 0 Å². The van der Waals surface area contributed by atoms with Crippen LogP contribution in [0.3, 0.4) is 0 Å². The van der Waals surface area contributed by atoms with Crippen molar-refractivity contribution in [1.82, 2.24) is 9.88 Å². The van der Waals surface area contributed by atoms with Crippen LogP contribution in [0.5, 0.6) is 0 Å². The molecule has 3 aliphatic heterocycles. The second-order valence-corrected chi connectivity index (χ2v) is 10.9. The number of pyridine rings is 1. The van der Waals surface area contributed by atoms with Crippen molar-refractivity contribution < 1.29 is 18.7 Å². The zero-order valence-electron chi connectivity index (χ0n) is 19.9. The van der Waals surface area contributed by atoms with Gasteiger partial charge in [0.1, 0.15) is 12.0 Å². The second-order valence-electron chi connectivity index (χ2n) is 10.5. The summed E-state index contributed by atoms with van der Waals surface area (Å²) in [6.45, 7) is 9.95. The van der Waals surface area contributed by atoms with Crippen LogP contribution >= 0.6 is 11.6 Å². The number of carbonyl (C=O) groups excluding carboxylic acids is 1. The lowest BCUT2D eigenvalue weighted by Crippen LogP contribution is -2.59. The Balaban J connectivity index is 1.30. The molecule has 1 aromatic heterocycles. The third-order valence-corrected chi connectivity index (χ3v) is 7.80. The summed E-state index contributed by atoms with van der Waals surface area (Å²) < 4.78 is 25.5. The van der Waals surface area contributed by atoms with Crippen LogP contribution in [-0.2, 0) is 14.3 Å². The number of anilines is 2. The third-order valence-electron chi connectivity index (χ3n) is 7.50. The SMILES string of the molecule is CC1(C)C[C@H](C(=O)Nc2cc3cc(N4CCN([C@]5(C)COC[C@@H]5F)CC4)c(Cl)cc3cn2)CO1. The van der Waals surface area contributed by atoms with E-state index in [1.165, 1.54) is 0 Å². The number of ether oxygens (including phenoxy) is 2. The summed E-state index contributed by atoms with van der Waals surface area (Å²) >= 11 is 6.64. The molecule has 3 saturated heterocycles. The molecule has 3 aliphatic rings. The number of amides is 1. The van der Waals surface area contributed by atoms with Gasteiger partial charge < -0.3 is 19.7 Å². The van der Waals surface area contributed by atoms with Crippen molar-refractivity contribution in [2.24, 2.45) is 5.92 Å². The van der Waals surface area contributed by atoms with E-state index in [1.807, 2.05) is 39.0 Å². The maximum absolute atomic E-state index is 14.4. The van der Waals surface area contributed by atoms with Crippen molar-refractivity contribution in [3.63, 3.8) is 0 Å². The fraction of sp³-hybridized carbons (Fsp3) is 0.600. The number of hydrogen-bond donors (Lipinski definition) is 1. The highest BCUT2D eigenvalue weighted by Gasteiger charge is 2.46. The first kappa shape index (κ1) is 23.7. The molecule has 2 aromatic rings. The van der Waals surface area contributed by atoms with E-state index >= 15 is 0 Å². The van der Waals surface area contributed by atoms with Crippen LogP contribution < -0.4 is 10.2 Å². The number of rotatable bonds is 4. The maximum atomic E-state index is 14.4. The van der Waals surface area contributed by atoms with Gasteiger partial charge in [-0.2, -0.15) is 0 Å². The Hall–Kier alpha value is -2.00. The lowest BCUT2D eigenvalue weighted by molar-refractivity contribution is -0.119. The van der Waals surface area contributed by atoms with Gasteiger partial charge in [-0.3, -0.25) is 9.69 Å². The first-order valence-corrected chi connectivity index (χ1v) is 12.3. The largest absolute Gasteiger partial charge is 0.376 e. The molecule has 1 amide bonds. The minimum Gasteiger partial charge on any atom is -0.376 e. The number of nitrogens with zero attached hydrogens (tertiary/aromatic N) is 3. The second kappa shape index (κ2) is 8.90. The standard InChI is InChI=1S/C25H32ClFN4O3/c1-24(2)11-18(13-34-24)23(32)29-22-10-16-9-20(19(26)8-17(16)12-28-22)30-4-6-31(7-5-30)25(3)15-33-14-21(25)27/h8-10,12,18,21H,4-7,11,13-15H2,1-3H3,(H,28,29,32)/t18-,21-,25+/m0/s1. The molecule has 0 spiro atoms. The Bertz CT molecular complexity index is 1090. The molecule has 0 saturated carbocycles. The summed E-state index contributed by atoms with van der Waals surface area (Å²) in [4.78, 5) is 21.5. The predicted molar refractivity (Wildman–Crippen MR) is 131 cm³/mol. The van der Waals surface area contributed by atoms with Gasteiger partial charge in [0.05, 0.1) is 47.6 Å². The van der Waals surface area contributed by atoms with Crippen LogP contribution in [0.1, 0.15) is 27.2 Å². The highest BCUT2D eigenvalue weighted by atomic mass is 35.5. The lowest BCUT2D eigenvalue weighted by Gasteiger charge is -2.44. The number of aromatic nitrogens is 1. The van der Waals surface area contributed by atoms with Gasteiger partial charge in [0, 0.05) is 37.8 Å². The van der Waals surface area contributed by atoms with E-state index in [0.717, 1.165) is 42.6 Å². The summed E-state index contributed by atoms with van der Waals surface area (Å²) in [6.07, 6.45) is 1.45. The molecule has 9 heteroatoms. The molecule has 4 heterocycles. The number of halogens is 2. The maximum Gasteiger partial charge on any atom is 0.231 e. The molecule has 1 N–H and O–H groups in total. The van der Waals surface area contributed by atoms with Crippen molar-refractivity contribution in [1.29, 1.82) is 0 Å². The average Bonchev–Trinajstić information content (AvgIpc) is 3.35. The quantitative estimate of drug-likeness (QED) is 0.701. The van der Waals surface area contributed by atoms with Gasteiger partial charge in [0.15, 0.2) is 0 Å². The first-order valence-electron chi connectivity index (χ1n) is 11.9. The number of carbonyl (C=O) groups is 1. The average molecular weight is 491 g/mol. The zero-order chi connectivity index (χ0) is 24.1. The van der Waals surface area contributed by atoms with Crippen LogP contribution in [0, 0.1) is 5.92 Å². The molecule has 0 radical (unpaired) electrons. The summed E-state index contributed by atoms with van der Waals surface area (Å²) in [5.74, 6) is 0.266. The van der Waals surface area contributed by atoms with Crippen LogP contribution in [0.15, 0.2) is 24.4 Å². The molecule has 1 aromatic carbocycles. The summed E-state index contributed by atoms with van der Waals surface area (Å²) in [6, 6.07) is 5.84. The molecule has 3 atom stereocenters. The monoisotopic (exact) mass is 490 g/mol. The Labute approximate surface area is 204 Å². The first-order chi connectivity index (χ1) is 16.1. The van der Waals surface area contributed by atoms with Crippen molar-refractivity contribution >= 4 is 39.8 Å². The molecule has 184 valence electrons. The topological polar surface area (TPSA) is 66.9 Å². The van der Waals surface area contributed by atoms with Gasteiger partial charge in [-0.25, -0.2) is 9.37 Å². The van der Waals surface area contributed by atoms with Crippen LogP contribution in [0.2, 0.25) is 5.02 Å². The van der Waals surface area contributed by atoms with Gasteiger partial charge in [-0.1, -0.05) is 11.6 Å². The minimum absolute atomic E-state index is 0.0710. The van der Waals surface area contributed by atoms with Gasteiger partial charge in [0.25, 0.3) is 0 Å². The van der Waals surface area contributed by atoms with E-state index in [1.54, 1.807) is 6.20 Å². The van der Waals surface area contributed by atoms with Crippen molar-refractivity contribution in [3.05, 3.63) is 29.4 Å². The molecular formula is C25H32ClFN4O3. The molecular weight excluding hydrogens is 459 g/mol. The summed E-state index contributed by atoms with van der Waals surface area (Å²) in [7, 11) is 0. The van der Waals surface area contributed by atoms with Crippen molar-refractivity contribution in [2.75, 3.05) is 56.2 Å². The Morgan fingerprint density at radius 3 is 2.56 bits per heavy atom. The minimum atomic E-state index is -0.966. The van der Waals surface area contributed by atoms with Gasteiger partial charge in [-0.05, 0) is 50.8 Å². The van der Waals surface area contributed by atoms with E-state index in [2.05, 4.69) is 20.1 Å². The Morgan fingerprint density at radius 1 is 1.15 bits per heavy atom. The van der Waals surface area contributed by atoms with Crippen LogP contribution in [0.4, 0.5) is 15.9 Å². The number of fused-ring (bicyclic) bond motifs is 1. The van der Waals surface area contributed by atoms with E-state index in [9.17, 15) is 9.18 Å². The van der Waals surface area contributed by atoms with E-state index in [4.69, 9.17) is 21.1 Å². The number of nitrogens with one attached hydrogen (secondary N) is 1. The third kappa shape index (κ3) is 4.49. The summed E-state index contributed by atoms with van der Waals surface area (Å²) in [5.41, 5.74) is 0.104. The molecule has 5 rings (SSSR count). The lowest BCUT2D eigenvalue weighted by atomic mass is 9.96. The van der Waals surface area contributed by atoms with Gasteiger partial charge >= 0.3 is 0 Å². The highest BCUT2D eigenvalue weighted by Crippen LogP contribution is 2.35. The Kier molecular flexibility index (Phi) is 6.21. The predicted octanol–water partition coefficient (Wildman–Crippen LogP) is 3.89. The molecule has 34 heavy (non-hydrogen) atoms. The molecule has 0 aliphatic carbocycles. The number of benzene rings is 1. The van der Waals surface area contributed by atoms with Gasteiger partial charge in [0.2, 0.25) is 5.91 Å². The fourth-order valence-corrected chi connectivity index (χ4v) is 5.58. The highest BCUT2D eigenvalue weighted by molar-refractivity contribution is 6.34. The fourth-order valence-electron chi connectivity index (χ4n) is 5.29. The molecule has 7 nitrogen and oxygen atoms in total. The number of piperazine rings is 1. The molecule has 0 unspecified atom stereocenters.